The van der Waals surface area contributed by atoms with Crippen LogP contribution in [0.15, 0.2) is 78.9 Å². The highest BCUT2D eigenvalue weighted by Gasteiger charge is 2.61. The molecule has 4 rings (SSSR count). The molecule has 0 radical (unpaired) electrons. The van der Waals surface area contributed by atoms with E-state index in [4.69, 9.17) is 21.1 Å². The number of carbonyl (C=O) groups excluding carboxylic acids is 5. The molecule has 272 valence electrons. The Hall–Kier alpha value is -4.54. The van der Waals surface area contributed by atoms with Gasteiger partial charge >= 0.3 is 12.0 Å². The summed E-state index contributed by atoms with van der Waals surface area (Å²) in [6.07, 6.45) is 10.1. The fourth-order valence-electron chi connectivity index (χ4n) is 6.10. The normalized spacial score (nSPS) is 15.5. The van der Waals surface area contributed by atoms with Gasteiger partial charge in [-0.25, -0.2) is 14.5 Å². The molecule has 1 heterocycles. The first-order valence-corrected chi connectivity index (χ1v) is 18.1. The number of imide groups is 1. The second kappa shape index (κ2) is 19.2. The number of anilines is 1. The Kier molecular flexibility index (Phi) is 14.8. The molecule has 0 bridgehead atoms. The first-order valence-electron chi connectivity index (χ1n) is 17.7. The van der Waals surface area contributed by atoms with Gasteiger partial charge < -0.3 is 14.8 Å². The van der Waals surface area contributed by atoms with Crippen molar-refractivity contribution in [3.8, 4) is 0 Å². The number of hydrogen-bond acceptors (Lipinski definition) is 7. The number of nitrogens with one attached hydrogen (secondary N) is 1. The quantitative estimate of drug-likeness (QED) is 0.0237. The molecule has 0 spiro atoms. The van der Waals surface area contributed by atoms with Crippen LogP contribution in [0.4, 0.5) is 10.5 Å². The van der Waals surface area contributed by atoms with Gasteiger partial charge in [-0.2, -0.15) is 0 Å². The molecule has 0 aromatic heterocycles. The first kappa shape index (κ1) is 39.2. The van der Waals surface area contributed by atoms with Crippen molar-refractivity contribution < 1.29 is 33.4 Å². The van der Waals surface area contributed by atoms with Gasteiger partial charge in [0.1, 0.15) is 0 Å². The van der Waals surface area contributed by atoms with Crippen LogP contribution in [-0.4, -0.2) is 64.3 Å². The molecule has 1 aliphatic rings. The molecule has 4 amide bonds. The molecule has 1 fully saturated rings. The Morgan fingerprint density at radius 1 is 0.824 bits per heavy atom. The van der Waals surface area contributed by atoms with Crippen LogP contribution in [-0.2, 0) is 25.6 Å². The number of alkyl halides is 1. The average molecular weight is 718 g/mol. The first-order chi connectivity index (χ1) is 24.6. The van der Waals surface area contributed by atoms with Crippen LogP contribution in [0.2, 0.25) is 0 Å². The van der Waals surface area contributed by atoms with Crippen LogP contribution in [0.3, 0.4) is 0 Å². The molecule has 0 aliphatic carbocycles. The number of urea groups is 1. The lowest BCUT2D eigenvalue weighted by molar-refractivity contribution is -0.143. The van der Waals surface area contributed by atoms with Gasteiger partial charge in [0.15, 0.2) is 0 Å². The van der Waals surface area contributed by atoms with Gasteiger partial charge in [-0.05, 0) is 42.7 Å². The largest absolute Gasteiger partial charge is 0.462 e. The van der Waals surface area contributed by atoms with Crippen LogP contribution >= 0.6 is 11.6 Å². The molecule has 10 nitrogen and oxygen atoms in total. The lowest BCUT2D eigenvalue weighted by Crippen LogP contribution is -2.61. The summed E-state index contributed by atoms with van der Waals surface area (Å²) < 4.78 is 10.9. The van der Waals surface area contributed by atoms with Crippen molar-refractivity contribution >= 4 is 46.9 Å². The second-order valence-electron chi connectivity index (χ2n) is 12.8. The Bertz CT molecular complexity index is 1670. The van der Waals surface area contributed by atoms with Gasteiger partial charge in [0.25, 0.3) is 16.8 Å². The molecule has 2 unspecified atom stereocenters. The number of carbonyl (C=O) groups is 5. The summed E-state index contributed by atoms with van der Waals surface area (Å²) in [6, 6.07) is 20.3. The minimum Gasteiger partial charge on any atom is -0.462 e. The number of halogens is 1. The molecule has 11 heteroatoms. The standard InChI is InChI=1S/C40H48ClN3O7/c1-4-5-6-7-8-9-10-11-12-18-26-51-37(47)31-23-19-24-32(27-31)42-38(48)40(41,34(45)33-25-17-16-20-29(33)2)44-35(46)36(50-3)43(39(44)49)28-30-21-14-13-15-22-30/h13-17,19-25,27,36H,4-12,18,26,28H2,1-3H3,(H,42,48). The zero-order chi connectivity index (χ0) is 36.8. The van der Waals surface area contributed by atoms with E-state index < -0.39 is 40.8 Å². The third-order valence-electron chi connectivity index (χ3n) is 8.96. The zero-order valence-corrected chi connectivity index (χ0v) is 30.5. The van der Waals surface area contributed by atoms with E-state index in [1.165, 1.54) is 70.3 Å². The smallest absolute Gasteiger partial charge is 0.338 e. The number of amides is 4. The summed E-state index contributed by atoms with van der Waals surface area (Å²) in [7, 11) is 1.25. The number of aryl methyl sites for hydroxylation is 1. The summed E-state index contributed by atoms with van der Waals surface area (Å²) in [5.41, 5.74) is 1.50. The van der Waals surface area contributed by atoms with Crippen LogP contribution in [0, 0.1) is 6.92 Å². The molecule has 1 N–H and O–H groups in total. The molecule has 1 saturated heterocycles. The summed E-state index contributed by atoms with van der Waals surface area (Å²) in [5, 5.41) is 2.57. The van der Waals surface area contributed by atoms with Gasteiger partial charge in [-0.15, -0.1) is 0 Å². The van der Waals surface area contributed by atoms with E-state index in [1.807, 2.05) is 6.07 Å². The topological polar surface area (TPSA) is 122 Å². The fourth-order valence-corrected chi connectivity index (χ4v) is 6.40. The molecule has 1 aliphatic heterocycles. The minimum absolute atomic E-state index is 0.0445. The maximum absolute atomic E-state index is 14.2. The summed E-state index contributed by atoms with van der Waals surface area (Å²) in [5.74, 6) is -3.69. The molecular weight excluding hydrogens is 670 g/mol. The van der Waals surface area contributed by atoms with E-state index >= 15 is 0 Å². The summed E-state index contributed by atoms with van der Waals surface area (Å²) in [6.45, 7) is 4.09. The van der Waals surface area contributed by atoms with Crippen molar-refractivity contribution in [1.29, 1.82) is 0 Å². The number of ether oxygens (including phenoxy) is 2. The summed E-state index contributed by atoms with van der Waals surface area (Å²) in [4.78, 5) is 67.8. The third kappa shape index (κ3) is 9.83. The maximum Gasteiger partial charge on any atom is 0.338 e. The molecule has 2 atom stereocenters. The zero-order valence-electron chi connectivity index (χ0n) is 29.7. The Morgan fingerprint density at radius 2 is 1.45 bits per heavy atom. The van der Waals surface area contributed by atoms with Crippen molar-refractivity contribution in [1.82, 2.24) is 9.80 Å². The van der Waals surface area contributed by atoms with Crippen molar-refractivity contribution in [2.45, 2.75) is 95.8 Å². The number of hydrogen-bond donors (Lipinski definition) is 1. The molecule has 3 aromatic rings. The minimum atomic E-state index is -2.85. The highest BCUT2D eigenvalue weighted by Crippen LogP contribution is 2.36. The predicted octanol–water partition coefficient (Wildman–Crippen LogP) is 8.27. The fraction of sp³-hybridized carbons (Fsp3) is 0.425. The van der Waals surface area contributed by atoms with E-state index in [1.54, 1.807) is 61.5 Å². The molecule has 0 saturated carbocycles. The second-order valence-corrected chi connectivity index (χ2v) is 13.3. The van der Waals surface area contributed by atoms with Gasteiger partial charge in [-0.3, -0.25) is 19.3 Å². The molecule has 3 aromatic carbocycles. The maximum atomic E-state index is 14.2. The van der Waals surface area contributed by atoms with Crippen molar-refractivity contribution in [2.24, 2.45) is 0 Å². The van der Waals surface area contributed by atoms with Crippen LogP contribution in [0.1, 0.15) is 103 Å². The van der Waals surface area contributed by atoms with Crippen LogP contribution in [0.5, 0.6) is 0 Å². The Labute approximate surface area is 305 Å². The third-order valence-corrected chi connectivity index (χ3v) is 9.47. The predicted molar refractivity (Wildman–Crippen MR) is 196 cm³/mol. The number of rotatable bonds is 20. The highest BCUT2D eigenvalue weighted by atomic mass is 35.5. The Balaban J connectivity index is 1.48. The Morgan fingerprint density at radius 3 is 2.10 bits per heavy atom. The lowest BCUT2D eigenvalue weighted by Gasteiger charge is -2.32. The highest BCUT2D eigenvalue weighted by molar-refractivity contribution is 6.51. The van der Waals surface area contributed by atoms with Crippen molar-refractivity contribution in [3.63, 3.8) is 0 Å². The SMILES string of the molecule is CCCCCCCCCCCCOC(=O)c1cccc(NC(=O)C(Cl)(C(=O)c2ccccc2C)N2C(=O)C(OC)N(Cc3ccccc3)C2=O)c1. The van der Waals surface area contributed by atoms with Crippen molar-refractivity contribution in [2.75, 3.05) is 19.0 Å². The number of nitrogens with zero attached hydrogens (tertiary/aromatic N) is 2. The van der Waals surface area contributed by atoms with E-state index in [0.29, 0.717) is 16.0 Å². The van der Waals surface area contributed by atoms with Gasteiger partial charge in [0, 0.05) is 18.4 Å². The summed E-state index contributed by atoms with van der Waals surface area (Å²) >= 11 is 6.99. The van der Waals surface area contributed by atoms with E-state index in [9.17, 15) is 24.0 Å². The van der Waals surface area contributed by atoms with Crippen molar-refractivity contribution in [3.05, 3.63) is 101 Å². The lowest BCUT2D eigenvalue weighted by atomic mass is 9.97. The molecule has 51 heavy (non-hydrogen) atoms. The number of Topliss-reactive ketones (excluding diaryl/α,β-unsaturated/α-hetero) is 1. The average Bonchev–Trinajstić information content (AvgIpc) is 3.37. The number of esters is 1. The van der Waals surface area contributed by atoms with Gasteiger partial charge in [-0.1, -0.05) is 137 Å². The van der Waals surface area contributed by atoms with Gasteiger partial charge in [0.05, 0.1) is 18.7 Å². The van der Waals surface area contributed by atoms with Gasteiger partial charge in [0.2, 0.25) is 12.0 Å². The van der Waals surface area contributed by atoms with Crippen LogP contribution < -0.4 is 5.32 Å². The van der Waals surface area contributed by atoms with Crippen LogP contribution in [0.25, 0.3) is 0 Å². The monoisotopic (exact) mass is 717 g/mol. The molecular formula is C40H48ClN3O7. The number of unbranched alkanes of at least 4 members (excludes halogenated alkanes) is 9. The number of methoxy groups -OCH3 is 1. The number of ketones is 1. The van der Waals surface area contributed by atoms with E-state index in [0.717, 1.165) is 24.2 Å². The van der Waals surface area contributed by atoms with E-state index in [-0.39, 0.29) is 30.0 Å². The van der Waals surface area contributed by atoms with E-state index in [2.05, 4.69) is 12.2 Å². The number of benzene rings is 3.